The molecule has 0 fully saturated rings. The third-order valence-corrected chi connectivity index (χ3v) is 2.19. The molecule has 1 N–H and O–H groups in total. The van der Waals surface area contributed by atoms with Crippen molar-refractivity contribution < 1.29 is 4.39 Å². The smallest absolute Gasteiger partial charge is 0.127 e. The van der Waals surface area contributed by atoms with Crippen molar-refractivity contribution in [2.75, 3.05) is 0 Å². The third kappa shape index (κ3) is 1.60. The lowest BCUT2D eigenvalue weighted by Gasteiger charge is -2.10. The largest absolute Gasteiger partial charge is 0.340 e. The van der Waals surface area contributed by atoms with Gasteiger partial charge < -0.3 is 4.98 Å². The van der Waals surface area contributed by atoms with Crippen LogP contribution in [-0.4, -0.2) is 9.97 Å². The number of hydrogen-bond donors (Lipinski definition) is 1. The molecule has 1 heterocycles. The average Bonchev–Trinajstić information content (AvgIpc) is 2.45. The van der Waals surface area contributed by atoms with Crippen LogP contribution in [0.1, 0.15) is 19.7 Å². The maximum atomic E-state index is 12.9. The molecule has 74 valence electrons. The molecule has 0 amide bonds. The first-order valence-electron chi connectivity index (χ1n) is 4.31. The number of aromatic amines is 1. The Balaban J connectivity index is 2.63. The van der Waals surface area contributed by atoms with Gasteiger partial charge in [-0.3, -0.25) is 0 Å². The Bertz CT molecular complexity index is 470. The zero-order valence-electron chi connectivity index (χ0n) is 7.94. The third-order valence-electron chi connectivity index (χ3n) is 2.01. The topological polar surface area (TPSA) is 28.7 Å². The number of halogens is 2. The van der Waals surface area contributed by atoms with Crippen LogP contribution in [-0.2, 0) is 4.87 Å². The highest BCUT2D eigenvalue weighted by Gasteiger charge is 2.20. The summed E-state index contributed by atoms with van der Waals surface area (Å²) >= 11 is 6.08. The molecule has 14 heavy (non-hydrogen) atoms. The molecule has 0 atom stereocenters. The highest BCUT2D eigenvalue weighted by atomic mass is 35.5. The number of H-pyrrole nitrogens is 1. The van der Waals surface area contributed by atoms with Crippen molar-refractivity contribution in [2.24, 2.45) is 0 Å². The SMILES string of the molecule is CC(C)(Cl)c1nc2ccc(F)cc2[nH]1. The van der Waals surface area contributed by atoms with Crippen molar-refractivity contribution in [2.45, 2.75) is 18.7 Å². The number of imidazole rings is 1. The van der Waals surface area contributed by atoms with Gasteiger partial charge in [0.15, 0.2) is 0 Å². The summed E-state index contributed by atoms with van der Waals surface area (Å²) < 4.78 is 12.9. The second-order valence-electron chi connectivity index (χ2n) is 3.72. The van der Waals surface area contributed by atoms with Gasteiger partial charge in [0, 0.05) is 0 Å². The number of alkyl halides is 1. The number of rotatable bonds is 1. The molecule has 0 unspecified atom stereocenters. The molecule has 2 rings (SSSR count). The van der Waals surface area contributed by atoms with Crippen molar-refractivity contribution in [3.63, 3.8) is 0 Å². The van der Waals surface area contributed by atoms with Crippen molar-refractivity contribution in [3.8, 4) is 0 Å². The summed E-state index contributed by atoms with van der Waals surface area (Å²) in [6.07, 6.45) is 0. The molecule has 4 heteroatoms. The van der Waals surface area contributed by atoms with Crippen molar-refractivity contribution in [1.29, 1.82) is 0 Å². The van der Waals surface area contributed by atoms with E-state index in [1.165, 1.54) is 12.1 Å². The molecule has 2 nitrogen and oxygen atoms in total. The minimum absolute atomic E-state index is 0.278. The molecule has 2 aromatic rings. The van der Waals surface area contributed by atoms with E-state index < -0.39 is 4.87 Å². The minimum Gasteiger partial charge on any atom is -0.340 e. The number of fused-ring (bicyclic) bond motifs is 1. The molecular formula is C10H10ClFN2. The first kappa shape index (κ1) is 9.46. The van der Waals surface area contributed by atoms with Gasteiger partial charge in [-0.1, -0.05) is 0 Å². The quantitative estimate of drug-likeness (QED) is 0.723. The normalized spacial score (nSPS) is 12.3. The van der Waals surface area contributed by atoms with E-state index in [-0.39, 0.29) is 5.82 Å². The predicted molar refractivity (Wildman–Crippen MR) is 54.9 cm³/mol. The lowest BCUT2D eigenvalue weighted by molar-refractivity contribution is 0.629. The highest BCUT2D eigenvalue weighted by molar-refractivity contribution is 6.23. The fourth-order valence-electron chi connectivity index (χ4n) is 1.26. The molecule has 1 aromatic heterocycles. The van der Waals surface area contributed by atoms with E-state index in [0.717, 1.165) is 5.52 Å². The Kier molecular flexibility index (Phi) is 2.00. The summed E-state index contributed by atoms with van der Waals surface area (Å²) in [5.41, 5.74) is 1.41. The van der Waals surface area contributed by atoms with Gasteiger partial charge in [0.25, 0.3) is 0 Å². The molecule has 0 bridgehead atoms. The number of benzene rings is 1. The van der Waals surface area contributed by atoms with Crippen LogP contribution in [0.25, 0.3) is 11.0 Å². The number of hydrogen-bond acceptors (Lipinski definition) is 1. The fraction of sp³-hybridized carbons (Fsp3) is 0.300. The van der Waals surface area contributed by atoms with Gasteiger partial charge in [-0.05, 0) is 32.0 Å². The molecule has 0 saturated carbocycles. The van der Waals surface area contributed by atoms with Crippen LogP contribution < -0.4 is 0 Å². The Labute approximate surface area is 86.1 Å². The first-order valence-corrected chi connectivity index (χ1v) is 4.69. The number of nitrogens with zero attached hydrogens (tertiary/aromatic N) is 1. The van der Waals surface area contributed by atoms with Gasteiger partial charge in [-0.2, -0.15) is 0 Å². The number of nitrogens with one attached hydrogen (secondary N) is 1. The van der Waals surface area contributed by atoms with Crippen LogP contribution in [0.15, 0.2) is 18.2 Å². The zero-order chi connectivity index (χ0) is 10.3. The molecular weight excluding hydrogens is 203 g/mol. The average molecular weight is 213 g/mol. The molecule has 0 saturated heterocycles. The van der Waals surface area contributed by atoms with E-state index in [0.29, 0.717) is 11.3 Å². The zero-order valence-corrected chi connectivity index (χ0v) is 8.69. The predicted octanol–water partition coefficient (Wildman–Crippen LogP) is 3.18. The Morgan fingerprint density at radius 2 is 2.14 bits per heavy atom. The van der Waals surface area contributed by atoms with Crippen LogP contribution in [0.5, 0.6) is 0 Å². The van der Waals surface area contributed by atoms with Crippen LogP contribution >= 0.6 is 11.6 Å². The summed E-state index contributed by atoms with van der Waals surface area (Å²) in [5.74, 6) is 0.375. The van der Waals surface area contributed by atoms with Gasteiger partial charge in [-0.15, -0.1) is 11.6 Å². The molecule has 0 aliphatic carbocycles. The van der Waals surface area contributed by atoms with Crippen LogP contribution in [0, 0.1) is 5.82 Å². The Morgan fingerprint density at radius 3 is 2.79 bits per heavy atom. The Morgan fingerprint density at radius 1 is 1.43 bits per heavy atom. The highest BCUT2D eigenvalue weighted by Crippen LogP contribution is 2.26. The molecule has 0 spiro atoms. The van der Waals surface area contributed by atoms with Gasteiger partial charge in [-0.25, -0.2) is 9.37 Å². The van der Waals surface area contributed by atoms with E-state index in [1.54, 1.807) is 6.07 Å². The Hall–Kier alpha value is -1.09. The number of aromatic nitrogens is 2. The lowest BCUT2D eigenvalue weighted by atomic mass is 10.2. The van der Waals surface area contributed by atoms with Gasteiger partial charge in [0.1, 0.15) is 11.6 Å². The van der Waals surface area contributed by atoms with E-state index in [9.17, 15) is 4.39 Å². The van der Waals surface area contributed by atoms with Gasteiger partial charge in [0.05, 0.1) is 15.9 Å². The fourth-order valence-corrected chi connectivity index (χ4v) is 1.35. The first-order chi connectivity index (χ1) is 6.47. The van der Waals surface area contributed by atoms with Crippen LogP contribution in [0.3, 0.4) is 0 Å². The van der Waals surface area contributed by atoms with Crippen molar-refractivity contribution in [3.05, 3.63) is 29.8 Å². The van der Waals surface area contributed by atoms with Crippen LogP contribution in [0.4, 0.5) is 4.39 Å². The maximum Gasteiger partial charge on any atom is 0.127 e. The van der Waals surface area contributed by atoms with Gasteiger partial charge >= 0.3 is 0 Å². The molecule has 0 aliphatic rings. The molecule has 0 radical (unpaired) electrons. The maximum absolute atomic E-state index is 12.9. The van der Waals surface area contributed by atoms with E-state index in [1.807, 2.05) is 13.8 Å². The van der Waals surface area contributed by atoms with E-state index in [2.05, 4.69) is 9.97 Å². The molecule has 0 aliphatic heterocycles. The van der Waals surface area contributed by atoms with Crippen molar-refractivity contribution >= 4 is 22.6 Å². The minimum atomic E-state index is -0.560. The van der Waals surface area contributed by atoms with Crippen LogP contribution in [0.2, 0.25) is 0 Å². The second-order valence-corrected chi connectivity index (χ2v) is 4.66. The summed E-state index contributed by atoms with van der Waals surface area (Å²) in [4.78, 5) is 6.70. The summed E-state index contributed by atoms with van der Waals surface area (Å²) in [6, 6.07) is 4.43. The van der Waals surface area contributed by atoms with E-state index in [4.69, 9.17) is 11.6 Å². The van der Waals surface area contributed by atoms with E-state index >= 15 is 0 Å². The summed E-state index contributed by atoms with van der Waals surface area (Å²) in [6.45, 7) is 3.67. The lowest BCUT2D eigenvalue weighted by Crippen LogP contribution is -2.09. The summed E-state index contributed by atoms with van der Waals surface area (Å²) in [7, 11) is 0. The monoisotopic (exact) mass is 212 g/mol. The summed E-state index contributed by atoms with van der Waals surface area (Å²) in [5, 5.41) is 0. The van der Waals surface area contributed by atoms with Gasteiger partial charge in [0.2, 0.25) is 0 Å². The van der Waals surface area contributed by atoms with Crippen molar-refractivity contribution in [1.82, 2.24) is 9.97 Å². The standard InChI is InChI=1S/C10H10ClFN2/c1-10(2,11)9-13-7-4-3-6(12)5-8(7)14-9/h3-5H,1-2H3,(H,13,14). The second kappa shape index (κ2) is 2.95. The molecule has 1 aromatic carbocycles.